The van der Waals surface area contributed by atoms with E-state index in [4.69, 9.17) is 9.26 Å². The summed E-state index contributed by atoms with van der Waals surface area (Å²) in [5.74, 6) is 2.65. The number of methoxy groups -OCH3 is 1. The summed E-state index contributed by atoms with van der Waals surface area (Å²) >= 11 is 1.79. The van der Waals surface area contributed by atoms with E-state index < -0.39 is 0 Å². The van der Waals surface area contributed by atoms with E-state index >= 15 is 0 Å². The molecule has 1 aliphatic carbocycles. The van der Waals surface area contributed by atoms with Gasteiger partial charge >= 0.3 is 0 Å². The Bertz CT molecular complexity index is 741. The summed E-state index contributed by atoms with van der Waals surface area (Å²) in [6.07, 6.45) is 4.01. The zero-order chi connectivity index (χ0) is 16.5. The molecule has 1 fully saturated rings. The van der Waals surface area contributed by atoms with Crippen molar-refractivity contribution < 1.29 is 14.1 Å². The predicted octanol–water partition coefficient (Wildman–Crippen LogP) is 3.45. The molecule has 5 nitrogen and oxygen atoms in total. The molecule has 1 amide bonds. The first kappa shape index (κ1) is 15.6. The van der Waals surface area contributed by atoms with Crippen molar-refractivity contribution in [3.8, 4) is 5.75 Å². The highest BCUT2D eigenvalue weighted by molar-refractivity contribution is 7.99. The van der Waals surface area contributed by atoms with E-state index in [9.17, 15) is 4.79 Å². The Hall–Kier alpha value is -1.95. The lowest BCUT2D eigenvalue weighted by atomic mass is 9.96. The molecule has 1 atom stereocenters. The maximum Gasteiger partial charge on any atom is 0.277 e. The molecular formula is C18H20N2O3S. The molecule has 1 saturated heterocycles. The van der Waals surface area contributed by atoms with Crippen molar-refractivity contribution in [1.29, 1.82) is 0 Å². The molecule has 0 N–H and O–H groups in total. The second-order valence-electron chi connectivity index (χ2n) is 6.13. The molecule has 24 heavy (non-hydrogen) atoms. The third kappa shape index (κ3) is 2.69. The average molecular weight is 344 g/mol. The first-order valence-electron chi connectivity index (χ1n) is 8.32. The summed E-state index contributed by atoms with van der Waals surface area (Å²) in [4.78, 5) is 15.0. The van der Waals surface area contributed by atoms with Crippen LogP contribution in [0.25, 0.3) is 0 Å². The number of amides is 1. The molecule has 2 aliphatic rings. The first-order chi connectivity index (χ1) is 11.8. The summed E-state index contributed by atoms with van der Waals surface area (Å²) in [6, 6.07) is 7.93. The number of hydrogen-bond donors (Lipinski definition) is 0. The maximum absolute atomic E-state index is 13.1. The quantitative estimate of drug-likeness (QED) is 0.853. The minimum atomic E-state index is -0.00674. The van der Waals surface area contributed by atoms with Crippen LogP contribution < -0.4 is 4.74 Å². The summed E-state index contributed by atoms with van der Waals surface area (Å²) in [6.45, 7) is 0.738. The number of hydrogen-bond acceptors (Lipinski definition) is 5. The first-order valence-corrected chi connectivity index (χ1v) is 9.37. The third-order valence-electron chi connectivity index (χ3n) is 4.71. The van der Waals surface area contributed by atoms with E-state index in [2.05, 4.69) is 5.16 Å². The smallest absolute Gasteiger partial charge is 0.277 e. The van der Waals surface area contributed by atoms with E-state index in [0.29, 0.717) is 5.69 Å². The Labute approximate surface area is 145 Å². The van der Waals surface area contributed by atoms with Gasteiger partial charge < -0.3 is 14.2 Å². The third-order valence-corrected chi connectivity index (χ3v) is 5.97. The van der Waals surface area contributed by atoms with E-state index in [1.807, 2.05) is 29.2 Å². The van der Waals surface area contributed by atoms with Crippen molar-refractivity contribution in [3.05, 3.63) is 46.8 Å². The zero-order valence-corrected chi connectivity index (χ0v) is 14.5. The minimum Gasteiger partial charge on any atom is -0.497 e. The highest BCUT2D eigenvalue weighted by Crippen LogP contribution is 2.39. The molecule has 1 unspecified atom stereocenters. The standard InChI is InChI=1S/C18H20N2O3S/c1-22-13-8-6-12(7-9-13)18-20(10-11-24-18)17(21)16-14-4-2-3-5-15(14)23-19-16/h6-9,18H,2-5,10-11H2,1H3. The molecule has 0 saturated carbocycles. The van der Waals surface area contributed by atoms with Gasteiger partial charge in [-0.2, -0.15) is 0 Å². The number of fused-ring (bicyclic) bond motifs is 1. The van der Waals surface area contributed by atoms with Gasteiger partial charge in [-0.3, -0.25) is 4.79 Å². The fourth-order valence-corrected chi connectivity index (χ4v) is 4.67. The van der Waals surface area contributed by atoms with Gasteiger partial charge in [-0.15, -0.1) is 11.8 Å². The van der Waals surface area contributed by atoms with Gasteiger partial charge in [-0.1, -0.05) is 17.3 Å². The van der Waals surface area contributed by atoms with Crippen LogP contribution in [0.5, 0.6) is 5.75 Å². The van der Waals surface area contributed by atoms with E-state index in [-0.39, 0.29) is 11.3 Å². The van der Waals surface area contributed by atoms with Gasteiger partial charge in [0.05, 0.1) is 7.11 Å². The van der Waals surface area contributed by atoms with Crippen molar-refractivity contribution in [2.24, 2.45) is 0 Å². The van der Waals surface area contributed by atoms with Gasteiger partial charge in [0.25, 0.3) is 5.91 Å². The predicted molar refractivity (Wildman–Crippen MR) is 92.4 cm³/mol. The summed E-state index contributed by atoms with van der Waals surface area (Å²) in [5, 5.41) is 4.13. The van der Waals surface area contributed by atoms with Crippen LogP contribution in [-0.4, -0.2) is 35.4 Å². The van der Waals surface area contributed by atoms with Crippen molar-refractivity contribution in [2.75, 3.05) is 19.4 Å². The van der Waals surface area contributed by atoms with E-state index in [1.54, 1.807) is 18.9 Å². The van der Waals surface area contributed by atoms with Crippen LogP contribution in [0, 0.1) is 0 Å². The number of aromatic nitrogens is 1. The summed E-state index contributed by atoms with van der Waals surface area (Å²) in [7, 11) is 1.66. The largest absolute Gasteiger partial charge is 0.497 e. The zero-order valence-electron chi connectivity index (χ0n) is 13.7. The van der Waals surface area contributed by atoms with E-state index in [0.717, 1.165) is 60.6 Å². The number of carbonyl (C=O) groups is 1. The molecule has 1 aliphatic heterocycles. The fourth-order valence-electron chi connectivity index (χ4n) is 3.41. The second kappa shape index (κ2) is 6.51. The van der Waals surface area contributed by atoms with Crippen molar-refractivity contribution in [2.45, 2.75) is 31.1 Å². The van der Waals surface area contributed by atoms with Crippen molar-refractivity contribution >= 4 is 17.7 Å². The molecule has 0 radical (unpaired) electrons. The van der Waals surface area contributed by atoms with Crippen LogP contribution in [0.1, 0.15) is 45.6 Å². The Morgan fingerprint density at radius 1 is 1.29 bits per heavy atom. The summed E-state index contributed by atoms with van der Waals surface area (Å²) < 4.78 is 10.6. The van der Waals surface area contributed by atoms with Crippen LogP contribution in [0.4, 0.5) is 0 Å². The molecule has 4 rings (SSSR count). The Kier molecular flexibility index (Phi) is 4.22. The normalized spacial score (nSPS) is 20.0. The highest BCUT2D eigenvalue weighted by atomic mass is 32.2. The van der Waals surface area contributed by atoms with Gasteiger partial charge in [-0.25, -0.2) is 0 Å². The second-order valence-corrected chi connectivity index (χ2v) is 7.32. The molecule has 1 aromatic carbocycles. The minimum absolute atomic E-state index is 0.00674. The number of rotatable bonds is 3. The molecule has 0 spiro atoms. The number of thioether (sulfide) groups is 1. The Balaban J connectivity index is 1.60. The monoisotopic (exact) mass is 344 g/mol. The number of ether oxygens (including phenoxy) is 1. The van der Waals surface area contributed by atoms with Gasteiger partial charge in [0.2, 0.25) is 0 Å². The van der Waals surface area contributed by atoms with Gasteiger partial charge in [0, 0.05) is 24.3 Å². The van der Waals surface area contributed by atoms with Gasteiger partial charge in [0.1, 0.15) is 16.9 Å². The fraction of sp³-hybridized carbons (Fsp3) is 0.444. The number of nitrogens with zero attached hydrogens (tertiary/aromatic N) is 2. The Morgan fingerprint density at radius 3 is 2.88 bits per heavy atom. The van der Waals surface area contributed by atoms with Crippen LogP contribution >= 0.6 is 11.8 Å². The van der Waals surface area contributed by atoms with Gasteiger partial charge in [-0.05, 0) is 37.0 Å². The number of carbonyl (C=O) groups excluding carboxylic acids is 1. The van der Waals surface area contributed by atoms with Crippen LogP contribution in [0.3, 0.4) is 0 Å². The lowest BCUT2D eigenvalue weighted by molar-refractivity contribution is 0.0749. The lowest BCUT2D eigenvalue weighted by Crippen LogP contribution is -2.31. The van der Waals surface area contributed by atoms with Crippen molar-refractivity contribution in [1.82, 2.24) is 10.1 Å². The number of aryl methyl sites for hydroxylation is 1. The SMILES string of the molecule is COc1ccc(C2SCCN2C(=O)c2noc3c2CCCC3)cc1. The molecule has 0 bridgehead atoms. The summed E-state index contributed by atoms with van der Waals surface area (Å²) in [5.41, 5.74) is 2.66. The molecule has 6 heteroatoms. The molecule has 126 valence electrons. The average Bonchev–Trinajstić information content (AvgIpc) is 3.28. The highest BCUT2D eigenvalue weighted by Gasteiger charge is 2.35. The maximum atomic E-state index is 13.1. The van der Waals surface area contributed by atoms with Crippen LogP contribution in [0.2, 0.25) is 0 Å². The molecule has 1 aromatic heterocycles. The van der Waals surface area contributed by atoms with Crippen LogP contribution in [0.15, 0.2) is 28.8 Å². The molecule has 2 aromatic rings. The topological polar surface area (TPSA) is 55.6 Å². The Morgan fingerprint density at radius 2 is 2.08 bits per heavy atom. The van der Waals surface area contributed by atoms with Gasteiger partial charge in [0.15, 0.2) is 5.69 Å². The van der Waals surface area contributed by atoms with Crippen LogP contribution in [-0.2, 0) is 12.8 Å². The number of benzene rings is 1. The molecular weight excluding hydrogens is 324 g/mol. The molecule has 2 heterocycles. The van der Waals surface area contributed by atoms with E-state index in [1.165, 1.54) is 0 Å². The lowest BCUT2D eigenvalue weighted by Gasteiger charge is -2.24. The van der Waals surface area contributed by atoms with Crippen molar-refractivity contribution in [3.63, 3.8) is 0 Å².